The van der Waals surface area contributed by atoms with E-state index in [2.05, 4.69) is 9.88 Å². The minimum absolute atomic E-state index is 0.389. The van der Waals surface area contributed by atoms with Gasteiger partial charge >= 0.3 is 0 Å². The first-order chi connectivity index (χ1) is 8.20. The Balaban J connectivity index is 1.82. The van der Waals surface area contributed by atoms with Crippen LogP contribution in [0, 0.1) is 5.41 Å². The van der Waals surface area contributed by atoms with Gasteiger partial charge in [-0.1, -0.05) is 0 Å². The van der Waals surface area contributed by atoms with Crippen LogP contribution in [0.2, 0.25) is 0 Å². The Hall–Kier alpha value is -1.58. The maximum atomic E-state index is 11.4. The number of carbonyl (C=O) groups is 1. The Kier molecular flexibility index (Phi) is 2.31. The van der Waals surface area contributed by atoms with Crippen LogP contribution in [-0.4, -0.2) is 24.0 Å². The molecule has 1 aromatic rings. The van der Waals surface area contributed by atoms with Crippen molar-refractivity contribution in [2.24, 2.45) is 11.1 Å². The topological polar surface area (TPSA) is 59.2 Å². The number of rotatable bonds is 2. The van der Waals surface area contributed by atoms with E-state index >= 15 is 0 Å². The number of hydrogen-bond acceptors (Lipinski definition) is 3. The largest absolute Gasteiger partial charge is 0.365 e. The SMILES string of the molecule is NC(=O)c1cccnc1N1CCC2(CC1)CC2. The van der Waals surface area contributed by atoms with Crippen molar-refractivity contribution < 1.29 is 4.79 Å². The Morgan fingerprint density at radius 3 is 2.59 bits per heavy atom. The number of amides is 1. The molecule has 3 rings (SSSR count). The lowest BCUT2D eigenvalue weighted by Gasteiger charge is -2.33. The summed E-state index contributed by atoms with van der Waals surface area (Å²) < 4.78 is 0. The lowest BCUT2D eigenvalue weighted by atomic mass is 9.93. The molecule has 0 radical (unpaired) electrons. The minimum atomic E-state index is -0.389. The van der Waals surface area contributed by atoms with Gasteiger partial charge in [-0.05, 0) is 43.2 Å². The van der Waals surface area contributed by atoms with Crippen LogP contribution in [0.4, 0.5) is 5.82 Å². The molecule has 2 heterocycles. The fourth-order valence-corrected chi connectivity index (χ4v) is 2.71. The van der Waals surface area contributed by atoms with Crippen LogP contribution in [0.15, 0.2) is 18.3 Å². The van der Waals surface area contributed by atoms with Crippen LogP contribution in [0.25, 0.3) is 0 Å². The predicted octanol–water partition coefficient (Wildman–Crippen LogP) is 1.56. The number of primary amides is 1. The van der Waals surface area contributed by atoms with Crippen LogP contribution >= 0.6 is 0 Å². The molecule has 4 nitrogen and oxygen atoms in total. The summed E-state index contributed by atoms with van der Waals surface area (Å²) in [6, 6.07) is 3.52. The summed E-state index contributed by atoms with van der Waals surface area (Å²) in [5, 5.41) is 0. The molecule has 0 atom stereocenters. The lowest BCUT2D eigenvalue weighted by Crippen LogP contribution is -2.36. The third-order valence-electron chi connectivity index (χ3n) is 4.13. The number of aromatic nitrogens is 1. The maximum absolute atomic E-state index is 11.4. The zero-order valence-corrected chi connectivity index (χ0v) is 9.85. The number of anilines is 1. The molecule has 0 aromatic carbocycles. The average molecular weight is 231 g/mol. The van der Waals surface area contributed by atoms with Crippen LogP contribution in [0.1, 0.15) is 36.0 Å². The van der Waals surface area contributed by atoms with E-state index in [-0.39, 0.29) is 5.91 Å². The summed E-state index contributed by atoms with van der Waals surface area (Å²) in [6.07, 6.45) is 6.93. The van der Waals surface area contributed by atoms with Crippen molar-refractivity contribution in [3.05, 3.63) is 23.9 Å². The zero-order chi connectivity index (χ0) is 11.9. The molecule has 1 aliphatic carbocycles. The van der Waals surface area contributed by atoms with E-state index in [0.29, 0.717) is 11.0 Å². The normalized spacial score (nSPS) is 21.5. The third-order valence-corrected chi connectivity index (χ3v) is 4.13. The molecular formula is C13H17N3O. The smallest absolute Gasteiger partial charge is 0.252 e. The number of piperidine rings is 1. The molecule has 2 aliphatic rings. The molecule has 4 heteroatoms. The van der Waals surface area contributed by atoms with Crippen molar-refractivity contribution in [1.29, 1.82) is 0 Å². The molecule has 2 fully saturated rings. The zero-order valence-electron chi connectivity index (χ0n) is 9.85. The molecule has 0 bridgehead atoms. The first-order valence-corrected chi connectivity index (χ1v) is 6.20. The van der Waals surface area contributed by atoms with Gasteiger partial charge in [0.15, 0.2) is 0 Å². The summed E-state index contributed by atoms with van der Waals surface area (Å²) in [5.41, 5.74) is 6.56. The average Bonchev–Trinajstić information content (AvgIpc) is 3.10. The Morgan fingerprint density at radius 1 is 1.29 bits per heavy atom. The Bertz CT molecular complexity index is 444. The monoisotopic (exact) mass is 231 g/mol. The summed E-state index contributed by atoms with van der Waals surface area (Å²) >= 11 is 0. The maximum Gasteiger partial charge on any atom is 0.252 e. The fraction of sp³-hybridized carbons (Fsp3) is 0.538. The predicted molar refractivity (Wildman–Crippen MR) is 65.9 cm³/mol. The van der Waals surface area contributed by atoms with Gasteiger partial charge in [0.05, 0.1) is 5.56 Å². The molecule has 1 saturated carbocycles. The Morgan fingerprint density at radius 2 is 2.00 bits per heavy atom. The number of nitrogens with zero attached hydrogens (tertiary/aromatic N) is 2. The summed E-state index contributed by atoms with van der Waals surface area (Å²) in [7, 11) is 0. The highest BCUT2D eigenvalue weighted by atomic mass is 16.1. The molecule has 1 aliphatic heterocycles. The Labute approximate surface area is 101 Å². The van der Waals surface area contributed by atoms with Gasteiger partial charge < -0.3 is 10.6 Å². The van der Waals surface area contributed by atoms with Crippen molar-refractivity contribution in [2.45, 2.75) is 25.7 Å². The first-order valence-electron chi connectivity index (χ1n) is 6.20. The van der Waals surface area contributed by atoms with Crippen LogP contribution in [0.3, 0.4) is 0 Å². The van der Waals surface area contributed by atoms with Crippen LogP contribution < -0.4 is 10.6 Å². The molecular weight excluding hydrogens is 214 g/mol. The molecule has 1 saturated heterocycles. The number of pyridine rings is 1. The second kappa shape index (κ2) is 3.72. The van der Waals surface area contributed by atoms with E-state index in [9.17, 15) is 4.79 Å². The van der Waals surface area contributed by atoms with Crippen molar-refractivity contribution >= 4 is 11.7 Å². The van der Waals surface area contributed by atoms with Crippen molar-refractivity contribution in [3.8, 4) is 0 Å². The molecule has 1 aromatic heterocycles. The molecule has 90 valence electrons. The summed E-state index contributed by atoms with van der Waals surface area (Å²) in [6.45, 7) is 1.99. The minimum Gasteiger partial charge on any atom is -0.365 e. The number of carbonyl (C=O) groups excluding carboxylic acids is 1. The van der Waals surface area contributed by atoms with Gasteiger partial charge in [0.25, 0.3) is 5.91 Å². The molecule has 17 heavy (non-hydrogen) atoms. The molecule has 0 unspecified atom stereocenters. The van der Waals surface area contributed by atoms with E-state index in [1.165, 1.54) is 25.7 Å². The fourth-order valence-electron chi connectivity index (χ4n) is 2.71. The van der Waals surface area contributed by atoms with Crippen molar-refractivity contribution in [1.82, 2.24) is 4.98 Å². The number of nitrogens with two attached hydrogens (primary N) is 1. The standard InChI is InChI=1S/C13H17N3O/c14-11(17)10-2-1-7-15-12(10)16-8-5-13(3-4-13)6-9-16/h1-2,7H,3-6,8-9H2,(H2,14,17). The van der Waals surface area contributed by atoms with E-state index in [0.717, 1.165) is 18.9 Å². The van der Waals surface area contributed by atoms with E-state index < -0.39 is 0 Å². The number of hydrogen-bond donors (Lipinski definition) is 1. The van der Waals surface area contributed by atoms with Gasteiger partial charge in [0.2, 0.25) is 0 Å². The van der Waals surface area contributed by atoms with Gasteiger partial charge in [-0.25, -0.2) is 4.98 Å². The molecule has 2 N–H and O–H groups in total. The van der Waals surface area contributed by atoms with Gasteiger partial charge in [0, 0.05) is 19.3 Å². The lowest BCUT2D eigenvalue weighted by molar-refractivity contribution is 0.100. The van der Waals surface area contributed by atoms with Gasteiger partial charge in [-0.2, -0.15) is 0 Å². The van der Waals surface area contributed by atoms with E-state index in [1.807, 2.05) is 0 Å². The van der Waals surface area contributed by atoms with Crippen LogP contribution in [-0.2, 0) is 0 Å². The summed E-state index contributed by atoms with van der Waals surface area (Å²) in [4.78, 5) is 17.9. The van der Waals surface area contributed by atoms with Crippen molar-refractivity contribution in [3.63, 3.8) is 0 Å². The summed E-state index contributed by atoms with van der Waals surface area (Å²) in [5.74, 6) is 0.371. The second-order valence-electron chi connectivity index (χ2n) is 5.23. The molecule has 1 spiro atoms. The van der Waals surface area contributed by atoms with E-state index in [1.54, 1.807) is 18.3 Å². The van der Waals surface area contributed by atoms with E-state index in [4.69, 9.17) is 5.73 Å². The highest BCUT2D eigenvalue weighted by Crippen LogP contribution is 2.53. The van der Waals surface area contributed by atoms with Gasteiger partial charge in [-0.3, -0.25) is 4.79 Å². The third kappa shape index (κ3) is 1.88. The van der Waals surface area contributed by atoms with Crippen LogP contribution in [0.5, 0.6) is 0 Å². The quantitative estimate of drug-likeness (QED) is 0.840. The first kappa shape index (κ1) is 10.6. The van der Waals surface area contributed by atoms with Crippen molar-refractivity contribution in [2.75, 3.05) is 18.0 Å². The molecule has 1 amide bonds. The second-order valence-corrected chi connectivity index (χ2v) is 5.23. The van der Waals surface area contributed by atoms with Gasteiger partial charge in [-0.15, -0.1) is 0 Å². The highest BCUT2D eigenvalue weighted by Gasteiger charge is 2.44. The highest BCUT2D eigenvalue weighted by molar-refractivity contribution is 5.97. The van der Waals surface area contributed by atoms with Gasteiger partial charge in [0.1, 0.15) is 5.82 Å².